The van der Waals surface area contributed by atoms with Crippen LogP contribution < -0.4 is 0 Å². The maximum Gasteiger partial charge on any atom is 0.316 e. The molecule has 0 aliphatic carbocycles. The molecule has 8 heteroatoms. The van der Waals surface area contributed by atoms with E-state index < -0.39 is 0 Å². The molecule has 3 aromatic heterocycles. The van der Waals surface area contributed by atoms with Crippen molar-refractivity contribution in [2.24, 2.45) is 0 Å². The topological polar surface area (TPSA) is 89.4 Å². The number of piperidine rings is 1. The third-order valence-corrected chi connectivity index (χ3v) is 4.91. The van der Waals surface area contributed by atoms with Gasteiger partial charge < -0.3 is 9.42 Å². The summed E-state index contributed by atoms with van der Waals surface area (Å²) >= 11 is 0. The van der Waals surface area contributed by atoms with Crippen LogP contribution in [0.2, 0.25) is 0 Å². The summed E-state index contributed by atoms with van der Waals surface area (Å²) in [7, 11) is 0. The molecule has 1 aromatic carbocycles. The van der Waals surface area contributed by atoms with Gasteiger partial charge >= 0.3 is 11.8 Å². The fraction of sp³-hybridized carbons (Fsp3) is 0.250. The van der Waals surface area contributed by atoms with Crippen LogP contribution in [0.1, 0.15) is 29.9 Å². The Morgan fingerprint density at radius 3 is 2.71 bits per heavy atom. The molecule has 28 heavy (non-hydrogen) atoms. The van der Waals surface area contributed by atoms with Crippen molar-refractivity contribution in [1.82, 2.24) is 29.6 Å². The average Bonchev–Trinajstić information content (AvgIpc) is 3.41. The highest BCUT2D eigenvalue weighted by Gasteiger charge is 2.24. The highest BCUT2D eigenvalue weighted by molar-refractivity contribution is 5.90. The predicted molar refractivity (Wildman–Crippen MR) is 101 cm³/mol. The fourth-order valence-electron chi connectivity index (χ4n) is 3.45. The lowest BCUT2D eigenvalue weighted by Gasteiger charge is -2.24. The number of amides is 1. The molecular weight excluding hydrogens is 356 g/mol. The molecule has 0 radical (unpaired) electrons. The lowest BCUT2D eigenvalue weighted by atomic mass is 10.1. The Hall–Kier alpha value is -3.55. The number of aromatic nitrogens is 5. The second-order valence-electron chi connectivity index (χ2n) is 6.81. The molecule has 1 amide bonds. The first-order valence-corrected chi connectivity index (χ1v) is 9.32. The minimum absolute atomic E-state index is 0.0410. The molecule has 4 aromatic rings. The second-order valence-corrected chi connectivity index (χ2v) is 6.81. The number of benzene rings is 1. The van der Waals surface area contributed by atoms with E-state index in [2.05, 4.69) is 20.2 Å². The summed E-state index contributed by atoms with van der Waals surface area (Å²) in [6, 6.07) is 11.4. The molecule has 0 N–H and O–H groups in total. The Morgan fingerprint density at radius 2 is 1.86 bits per heavy atom. The summed E-state index contributed by atoms with van der Waals surface area (Å²) in [6.45, 7) is 1.49. The quantitative estimate of drug-likeness (QED) is 0.547. The lowest BCUT2D eigenvalue weighted by Crippen LogP contribution is -2.35. The number of imidazole rings is 1. The Balaban J connectivity index is 1.43. The zero-order valence-electron chi connectivity index (χ0n) is 15.2. The molecule has 0 unspecified atom stereocenters. The van der Waals surface area contributed by atoms with Gasteiger partial charge in [0.05, 0.1) is 11.9 Å². The monoisotopic (exact) mass is 374 g/mol. The van der Waals surface area contributed by atoms with Gasteiger partial charge in [-0.3, -0.25) is 4.79 Å². The van der Waals surface area contributed by atoms with E-state index in [1.807, 2.05) is 42.6 Å². The summed E-state index contributed by atoms with van der Waals surface area (Å²) < 4.78 is 6.97. The fourth-order valence-corrected chi connectivity index (χ4v) is 3.45. The van der Waals surface area contributed by atoms with Crippen LogP contribution in [0.5, 0.6) is 0 Å². The van der Waals surface area contributed by atoms with Crippen LogP contribution >= 0.6 is 0 Å². The zero-order chi connectivity index (χ0) is 18.9. The third-order valence-electron chi connectivity index (χ3n) is 4.91. The molecule has 0 bridgehead atoms. The standard InChI is InChI=1S/C20H18N6O2/c27-20(25-10-2-1-3-11-25)19-23-18(24-28-19)15-7-4-6-14(12-15)16-13-26-17(22-16)8-5-9-21-26/h4-9,12-13H,1-3,10-11H2. The molecule has 1 fully saturated rings. The molecule has 0 atom stereocenters. The van der Waals surface area contributed by atoms with Crippen molar-refractivity contribution in [1.29, 1.82) is 0 Å². The Labute approximate surface area is 160 Å². The van der Waals surface area contributed by atoms with E-state index in [0.29, 0.717) is 5.82 Å². The predicted octanol–water partition coefficient (Wildman–Crippen LogP) is 3.07. The van der Waals surface area contributed by atoms with Crippen LogP contribution in [0.4, 0.5) is 0 Å². The summed E-state index contributed by atoms with van der Waals surface area (Å²) in [6.07, 6.45) is 6.78. The smallest absolute Gasteiger partial charge is 0.316 e. The molecular formula is C20H18N6O2. The molecule has 4 heterocycles. The average molecular weight is 374 g/mol. The lowest BCUT2D eigenvalue weighted by molar-refractivity contribution is 0.0674. The summed E-state index contributed by atoms with van der Waals surface area (Å²) in [5.74, 6) is 0.240. The molecule has 8 nitrogen and oxygen atoms in total. The molecule has 1 aliphatic heterocycles. The maximum atomic E-state index is 12.5. The van der Waals surface area contributed by atoms with Crippen molar-refractivity contribution in [3.05, 3.63) is 54.7 Å². The van der Waals surface area contributed by atoms with Crippen molar-refractivity contribution >= 4 is 11.6 Å². The van der Waals surface area contributed by atoms with Gasteiger partial charge in [0, 0.05) is 30.4 Å². The van der Waals surface area contributed by atoms with Gasteiger partial charge in [0.2, 0.25) is 5.82 Å². The number of rotatable bonds is 3. The first-order chi connectivity index (χ1) is 13.8. The number of carbonyl (C=O) groups is 1. The number of nitrogens with zero attached hydrogens (tertiary/aromatic N) is 6. The van der Waals surface area contributed by atoms with E-state index in [1.54, 1.807) is 15.6 Å². The number of carbonyl (C=O) groups excluding carboxylic acids is 1. The van der Waals surface area contributed by atoms with Gasteiger partial charge in [0.15, 0.2) is 5.65 Å². The summed E-state index contributed by atoms with van der Waals surface area (Å²) in [5.41, 5.74) is 3.26. The van der Waals surface area contributed by atoms with Crippen molar-refractivity contribution in [3.63, 3.8) is 0 Å². The van der Waals surface area contributed by atoms with E-state index in [-0.39, 0.29) is 11.8 Å². The van der Waals surface area contributed by atoms with Crippen LogP contribution in [0, 0.1) is 0 Å². The van der Waals surface area contributed by atoms with Gasteiger partial charge in [-0.15, -0.1) is 0 Å². The van der Waals surface area contributed by atoms with Crippen molar-refractivity contribution in [2.45, 2.75) is 19.3 Å². The SMILES string of the molecule is O=C(c1nc(-c2cccc(-c3cn4ncccc4n3)c2)no1)N1CCCCC1. The van der Waals surface area contributed by atoms with Crippen molar-refractivity contribution < 1.29 is 9.32 Å². The van der Waals surface area contributed by atoms with E-state index in [4.69, 9.17) is 4.52 Å². The first-order valence-electron chi connectivity index (χ1n) is 9.32. The number of likely N-dealkylation sites (tertiary alicyclic amines) is 1. The molecule has 1 aliphatic rings. The van der Waals surface area contributed by atoms with Gasteiger partial charge in [-0.05, 0) is 37.5 Å². The molecule has 0 spiro atoms. The van der Waals surface area contributed by atoms with Gasteiger partial charge in [-0.25, -0.2) is 9.50 Å². The van der Waals surface area contributed by atoms with Crippen LogP contribution in [0.15, 0.2) is 53.3 Å². The van der Waals surface area contributed by atoms with Gasteiger partial charge in [0.1, 0.15) is 0 Å². The van der Waals surface area contributed by atoms with Gasteiger partial charge in [0.25, 0.3) is 0 Å². The van der Waals surface area contributed by atoms with Gasteiger partial charge in [-0.1, -0.05) is 23.4 Å². The van der Waals surface area contributed by atoms with E-state index in [1.165, 1.54) is 0 Å². The molecule has 0 saturated carbocycles. The van der Waals surface area contributed by atoms with Crippen molar-refractivity contribution in [2.75, 3.05) is 13.1 Å². The minimum Gasteiger partial charge on any atom is -0.334 e. The Morgan fingerprint density at radius 1 is 1.00 bits per heavy atom. The van der Waals surface area contributed by atoms with E-state index >= 15 is 0 Å². The van der Waals surface area contributed by atoms with E-state index in [9.17, 15) is 4.79 Å². The van der Waals surface area contributed by atoms with Gasteiger partial charge in [-0.2, -0.15) is 10.1 Å². The zero-order valence-corrected chi connectivity index (χ0v) is 15.2. The largest absolute Gasteiger partial charge is 0.334 e. The number of hydrogen-bond acceptors (Lipinski definition) is 6. The molecule has 140 valence electrons. The maximum absolute atomic E-state index is 12.5. The van der Waals surface area contributed by atoms with Crippen LogP contribution in [-0.2, 0) is 0 Å². The number of fused-ring (bicyclic) bond motifs is 1. The van der Waals surface area contributed by atoms with Crippen LogP contribution in [0.3, 0.4) is 0 Å². The van der Waals surface area contributed by atoms with Crippen LogP contribution in [0.25, 0.3) is 28.3 Å². The Bertz CT molecular complexity index is 1110. The Kier molecular flexibility index (Phi) is 4.08. The van der Waals surface area contributed by atoms with E-state index in [0.717, 1.165) is 54.8 Å². The second kappa shape index (κ2) is 6.88. The first kappa shape index (κ1) is 16.6. The molecule has 5 rings (SSSR count). The normalized spacial score (nSPS) is 14.5. The van der Waals surface area contributed by atoms with Crippen LogP contribution in [-0.4, -0.2) is 48.6 Å². The highest BCUT2D eigenvalue weighted by Crippen LogP contribution is 2.25. The molecule has 1 saturated heterocycles. The number of hydrogen-bond donors (Lipinski definition) is 0. The summed E-state index contributed by atoms with van der Waals surface area (Å²) in [4.78, 5) is 23.2. The summed E-state index contributed by atoms with van der Waals surface area (Å²) in [5, 5.41) is 8.26. The highest BCUT2D eigenvalue weighted by atomic mass is 16.5. The van der Waals surface area contributed by atoms with Crippen molar-refractivity contribution in [3.8, 4) is 22.6 Å². The minimum atomic E-state index is -0.193. The third kappa shape index (κ3) is 3.02.